The van der Waals surface area contributed by atoms with E-state index in [0.29, 0.717) is 29.7 Å². The van der Waals surface area contributed by atoms with Crippen molar-refractivity contribution in [1.29, 1.82) is 0 Å². The molecule has 2 nitrogen and oxygen atoms in total. The van der Waals surface area contributed by atoms with Crippen molar-refractivity contribution in [2.45, 2.75) is 77.9 Å². The summed E-state index contributed by atoms with van der Waals surface area (Å²) in [5.41, 5.74) is 1.66. The average molecular weight is 258 g/mol. The van der Waals surface area contributed by atoms with E-state index in [9.17, 15) is 4.79 Å². The Morgan fingerprint density at radius 2 is 1.41 bits per heavy atom. The van der Waals surface area contributed by atoms with Gasteiger partial charge in [-0.1, -0.05) is 48.5 Å². The zero-order valence-electron chi connectivity index (χ0n) is 12.7. The van der Waals surface area contributed by atoms with Gasteiger partial charge in [0.1, 0.15) is 0 Å². The van der Waals surface area contributed by atoms with Crippen LogP contribution in [0.1, 0.15) is 61.3 Å². The molecule has 3 heteroatoms. The van der Waals surface area contributed by atoms with Gasteiger partial charge in [0.25, 0.3) is 0 Å². The van der Waals surface area contributed by atoms with E-state index in [2.05, 4.69) is 41.5 Å². The van der Waals surface area contributed by atoms with Crippen LogP contribution < -0.4 is 0 Å². The van der Waals surface area contributed by atoms with E-state index in [4.69, 9.17) is 4.43 Å². The lowest BCUT2D eigenvalue weighted by molar-refractivity contribution is -0.121. The molecule has 0 aliphatic rings. The highest BCUT2D eigenvalue weighted by molar-refractivity contribution is 6.77. The van der Waals surface area contributed by atoms with Crippen molar-refractivity contribution >= 4 is 14.1 Å². The van der Waals surface area contributed by atoms with Crippen LogP contribution in [0, 0.1) is 0 Å². The van der Waals surface area contributed by atoms with Crippen molar-refractivity contribution in [3.8, 4) is 0 Å². The second-order valence-corrected chi connectivity index (χ2v) is 11.4. The van der Waals surface area contributed by atoms with Crippen LogP contribution in [-0.2, 0) is 9.22 Å². The predicted molar refractivity (Wildman–Crippen MR) is 76.9 cm³/mol. The molecule has 0 spiro atoms. The molecule has 0 aromatic rings. The fourth-order valence-electron chi connectivity index (χ4n) is 3.06. The molecule has 0 aliphatic carbocycles. The normalized spacial score (nSPS) is 12.8. The van der Waals surface area contributed by atoms with Crippen LogP contribution in [-0.4, -0.2) is 20.7 Å². The van der Waals surface area contributed by atoms with Gasteiger partial charge in [-0.05, 0) is 23.0 Å². The summed E-state index contributed by atoms with van der Waals surface area (Å²) < 4.78 is 6.22. The second kappa shape index (κ2) is 7.32. The standard InChI is InChI=1S/C14H30O2Si/c1-8-9-14(15)10-16-17(11(2)3,12(4)5)13(6)7/h11-13H,8-10H2,1-7H3. The van der Waals surface area contributed by atoms with Gasteiger partial charge in [0.2, 0.25) is 8.32 Å². The first-order valence-corrected chi connectivity index (χ1v) is 9.08. The molecule has 0 saturated heterocycles. The van der Waals surface area contributed by atoms with E-state index in [1.807, 2.05) is 6.92 Å². The largest absolute Gasteiger partial charge is 0.409 e. The number of rotatable bonds is 8. The molecular formula is C14H30O2Si. The Bertz CT molecular complexity index is 213. The third-order valence-corrected chi connectivity index (χ3v) is 9.78. The smallest absolute Gasteiger partial charge is 0.200 e. The molecule has 102 valence electrons. The van der Waals surface area contributed by atoms with E-state index in [-0.39, 0.29) is 5.78 Å². The maximum atomic E-state index is 11.7. The Morgan fingerprint density at radius 3 is 1.71 bits per heavy atom. The molecule has 0 bridgehead atoms. The summed E-state index contributed by atoms with van der Waals surface area (Å²) in [6.07, 6.45) is 1.57. The fourth-order valence-corrected chi connectivity index (χ4v) is 8.47. The summed E-state index contributed by atoms with van der Waals surface area (Å²) in [6.45, 7) is 15.8. The number of hydrogen-bond acceptors (Lipinski definition) is 2. The molecule has 0 N–H and O–H groups in total. The van der Waals surface area contributed by atoms with E-state index in [0.717, 1.165) is 6.42 Å². The minimum Gasteiger partial charge on any atom is -0.409 e. The van der Waals surface area contributed by atoms with E-state index in [1.54, 1.807) is 0 Å². The van der Waals surface area contributed by atoms with Gasteiger partial charge in [0, 0.05) is 6.42 Å². The first-order valence-electron chi connectivity index (χ1n) is 6.94. The van der Waals surface area contributed by atoms with Gasteiger partial charge < -0.3 is 4.43 Å². The number of carbonyl (C=O) groups excluding carboxylic acids is 1. The van der Waals surface area contributed by atoms with E-state index >= 15 is 0 Å². The summed E-state index contributed by atoms with van der Waals surface area (Å²) in [5.74, 6) is 0.256. The third kappa shape index (κ3) is 4.22. The van der Waals surface area contributed by atoms with Crippen LogP contribution in [0.25, 0.3) is 0 Å². The molecule has 0 fully saturated rings. The average Bonchev–Trinajstić information content (AvgIpc) is 2.17. The quantitative estimate of drug-likeness (QED) is 0.597. The van der Waals surface area contributed by atoms with Crippen LogP contribution in [0.4, 0.5) is 0 Å². The fraction of sp³-hybridized carbons (Fsp3) is 0.929. The van der Waals surface area contributed by atoms with Crippen LogP contribution in [0.15, 0.2) is 0 Å². The molecule has 0 atom stereocenters. The molecule has 0 aliphatic heterocycles. The molecule has 0 amide bonds. The Kier molecular flexibility index (Phi) is 7.25. The Morgan fingerprint density at radius 1 is 1.00 bits per heavy atom. The maximum absolute atomic E-state index is 11.7. The molecule has 0 unspecified atom stereocenters. The van der Waals surface area contributed by atoms with Gasteiger partial charge in [-0.3, -0.25) is 4.79 Å². The molecule has 0 aromatic heterocycles. The molecule has 17 heavy (non-hydrogen) atoms. The molecule has 0 aromatic carbocycles. The second-order valence-electron chi connectivity index (χ2n) is 5.90. The lowest BCUT2D eigenvalue weighted by Crippen LogP contribution is -2.48. The van der Waals surface area contributed by atoms with Crippen LogP contribution in [0.3, 0.4) is 0 Å². The molecule has 0 heterocycles. The van der Waals surface area contributed by atoms with Crippen molar-refractivity contribution in [2.24, 2.45) is 0 Å². The van der Waals surface area contributed by atoms with Gasteiger partial charge in [0.15, 0.2) is 5.78 Å². The molecule has 0 rings (SSSR count). The zero-order chi connectivity index (χ0) is 13.6. The van der Waals surface area contributed by atoms with Gasteiger partial charge in [-0.15, -0.1) is 0 Å². The number of carbonyl (C=O) groups is 1. The van der Waals surface area contributed by atoms with E-state index in [1.165, 1.54) is 0 Å². The number of ketones is 1. The molecular weight excluding hydrogens is 228 g/mol. The molecule has 0 saturated carbocycles. The van der Waals surface area contributed by atoms with Gasteiger partial charge in [0.05, 0.1) is 6.61 Å². The maximum Gasteiger partial charge on any atom is 0.200 e. The van der Waals surface area contributed by atoms with Gasteiger partial charge >= 0.3 is 0 Å². The SMILES string of the molecule is CCCC(=O)CO[Si](C(C)C)(C(C)C)C(C)C. The van der Waals surface area contributed by atoms with Crippen LogP contribution in [0.5, 0.6) is 0 Å². The van der Waals surface area contributed by atoms with Crippen molar-refractivity contribution in [3.63, 3.8) is 0 Å². The highest BCUT2D eigenvalue weighted by Crippen LogP contribution is 2.42. The lowest BCUT2D eigenvalue weighted by atomic mass is 10.2. The zero-order valence-corrected chi connectivity index (χ0v) is 13.7. The van der Waals surface area contributed by atoms with Crippen LogP contribution in [0.2, 0.25) is 16.6 Å². The minimum atomic E-state index is -1.84. The van der Waals surface area contributed by atoms with E-state index < -0.39 is 8.32 Å². The van der Waals surface area contributed by atoms with Gasteiger partial charge in [-0.2, -0.15) is 0 Å². The minimum absolute atomic E-state index is 0.256. The Hall–Kier alpha value is -0.153. The summed E-state index contributed by atoms with van der Waals surface area (Å²) >= 11 is 0. The van der Waals surface area contributed by atoms with Crippen molar-refractivity contribution in [3.05, 3.63) is 0 Å². The monoisotopic (exact) mass is 258 g/mol. The van der Waals surface area contributed by atoms with Crippen molar-refractivity contribution < 1.29 is 9.22 Å². The van der Waals surface area contributed by atoms with Crippen molar-refractivity contribution in [1.82, 2.24) is 0 Å². The first-order chi connectivity index (χ1) is 7.78. The summed E-state index contributed by atoms with van der Waals surface area (Å²) in [4.78, 5) is 11.7. The topological polar surface area (TPSA) is 26.3 Å². The highest BCUT2D eigenvalue weighted by Gasteiger charge is 2.45. The van der Waals surface area contributed by atoms with Crippen LogP contribution >= 0.6 is 0 Å². The summed E-state index contributed by atoms with van der Waals surface area (Å²) in [5, 5.41) is 0. The number of Topliss-reactive ketones (excluding diaryl/α,β-unsaturated/α-hetero) is 1. The summed E-state index contributed by atoms with van der Waals surface area (Å²) in [6, 6.07) is 0. The highest BCUT2D eigenvalue weighted by atomic mass is 28.4. The number of hydrogen-bond donors (Lipinski definition) is 0. The Balaban J connectivity index is 4.76. The van der Waals surface area contributed by atoms with Gasteiger partial charge in [-0.25, -0.2) is 0 Å². The summed E-state index contributed by atoms with van der Waals surface area (Å²) in [7, 11) is -1.84. The lowest BCUT2D eigenvalue weighted by Gasteiger charge is -2.41. The Labute approximate surface area is 108 Å². The third-order valence-electron chi connectivity index (χ3n) is 3.72. The first kappa shape index (κ1) is 16.8. The predicted octanol–water partition coefficient (Wildman–Crippen LogP) is 4.55. The molecule has 0 radical (unpaired) electrons. The van der Waals surface area contributed by atoms with Crippen molar-refractivity contribution in [2.75, 3.05) is 6.61 Å².